The lowest BCUT2D eigenvalue weighted by Crippen LogP contribution is -2.29. The van der Waals surface area contributed by atoms with Crippen LogP contribution < -0.4 is 10.1 Å². The van der Waals surface area contributed by atoms with E-state index in [1.807, 2.05) is 0 Å². The van der Waals surface area contributed by atoms with Crippen LogP contribution in [-0.2, 0) is 4.79 Å². The molecule has 1 aliphatic heterocycles. The zero-order chi connectivity index (χ0) is 13.0. The predicted molar refractivity (Wildman–Crippen MR) is 66.9 cm³/mol. The molecule has 1 atom stereocenters. The summed E-state index contributed by atoms with van der Waals surface area (Å²) in [6.45, 7) is 0. The van der Waals surface area contributed by atoms with Gasteiger partial charge in [-0.25, -0.2) is 4.39 Å². The molecule has 1 aromatic rings. The molecule has 0 aliphatic carbocycles. The maximum atomic E-state index is 13.5. The summed E-state index contributed by atoms with van der Waals surface area (Å²) in [5.41, 5.74) is 0.780. The number of carbonyl (C=O) groups excluding carboxylic acids is 1. The van der Waals surface area contributed by atoms with Gasteiger partial charge in [0.2, 0.25) is 5.91 Å². The van der Waals surface area contributed by atoms with Gasteiger partial charge in [0.05, 0.1) is 13.2 Å². The van der Waals surface area contributed by atoms with E-state index in [0.717, 1.165) is 31.2 Å². The van der Waals surface area contributed by atoms with Gasteiger partial charge in [0.15, 0.2) is 0 Å². The summed E-state index contributed by atoms with van der Waals surface area (Å²) >= 11 is 0. The van der Waals surface area contributed by atoms with Crippen LogP contribution in [0.3, 0.4) is 0 Å². The maximum Gasteiger partial charge on any atom is 0.220 e. The molecular weight excluding hydrogens is 233 g/mol. The Bertz CT molecular complexity index is 434. The Hall–Kier alpha value is -1.58. The first kappa shape index (κ1) is 12.9. The van der Waals surface area contributed by atoms with Crippen molar-refractivity contribution in [1.29, 1.82) is 0 Å². The van der Waals surface area contributed by atoms with E-state index >= 15 is 0 Å². The third kappa shape index (κ3) is 3.22. The Kier molecular flexibility index (Phi) is 4.18. The van der Waals surface area contributed by atoms with Crippen molar-refractivity contribution in [3.05, 3.63) is 29.6 Å². The third-order valence-electron chi connectivity index (χ3n) is 3.26. The summed E-state index contributed by atoms with van der Waals surface area (Å²) in [5, 5.41) is 2.95. The highest BCUT2D eigenvalue weighted by atomic mass is 19.1. The molecule has 1 saturated heterocycles. The van der Waals surface area contributed by atoms with Gasteiger partial charge < -0.3 is 10.1 Å². The van der Waals surface area contributed by atoms with Gasteiger partial charge in [0.1, 0.15) is 11.6 Å². The molecule has 0 bridgehead atoms. The lowest BCUT2D eigenvalue weighted by atomic mass is 9.97. The van der Waals surface area contributed by atoms with Gasteiger partial charge in [0, 0.05) is 12.5 Å². The number of nitrogens with one attached hydrogen (secondary N) is 1. The molecule has 1 fully saturated rings. The summed E-state index contributed by atoms with van der Waals surface area (Å²) in [6, 6.07) is 4.49. The molecule has 1 aliphatic rings. The first-order valence-corrected chi connectivity index (χ1v) is 6.33. The Morgan fingerprint density at radius 2 is 2.11 bits per heavy atom. The topological polar surface area (TPSA) is 38.3 Å². The summed E-state index contributed by atoms with van der Waals surface area (Å²) in [5.74, 6) is 0.199. The number of ether oxygens (including phenoxy) is 1. The zero-order valence-electron chi connectivity index (χ0n) is 10.5. The molecule has 0 radical (unpaired) electrons. The van der Waals surface area contributed by atoms with Crippen molar-refractivity contribution in [2.75, 3.05) is 7.11 Å². The first-order valence-electron chi connectivity index (χ1n) is 6.33. The van der Waals surface area contributed by atoms with E-state index < -0.39 is 0 Å². The largest absolute Gasteiger partial charge is 0.497 e. The van der Waals surface area contributed by atoms with E-state index in [1.54, 1.807) is 6.07 Å². The smallest absolute Gasteiger partial charge is 0.220 e. The normalized spacial score (nSPS) is 20.8. The van der Waals surface area contributed by atoms with Crippen molar-refractivity contribution in [1.82, 2.24) is 5.32 Å². The van der Waals surface area contributed by atoms with Crippen molar-refractivity contribution >= 4 is 5.91 Å². The molecule has 1 N–H and O–H groups in total. The van der Waals surface area contributed by atoms with Crippen molar-refractivity contribution < 1.29 is 13.9 Å². The van der Waals surface area contributed by atoms with Gasteiger partial charge >= 0.3 is 0 Å². The molecule has 1 unspecified atom stereocenters. The molecule has 18 heavy (non-hydrogen) atoms. The number of benzene rings is 1. The molecule has 1 heterocycles. The lowest BCUT2D eigenvalue weighted by molar-refractivity contribution is -0.122. The third-order valence-corrected chi connectivity index (χ3v) is 3.26. The second-order valence-corrected chi connectivity index (χ2v) is 4.64. The summed E-state index contributed by atoms with van der Waals surface area (Å²) in [4.78, 5) is 11.6. The van der Waals surface area contributed by atoms with Crippen LogP contribution in [0.5, 0.6) is 5.75 Å². The monoisotopic (exact) mass is 251 g/mol. The van der Waals surface area contributed by atoms with Crippen molar-refractivity contribution in [3.63, 3.8) is 0 Å². The number of methoxy groups -OCH3 is 1. The van der Waals surface area contributed by atoms with Crippen LogP contribution in [0.15, 0.2) is 18.2 Å². The number of hydrogen-bond acceptors (Lipinski definition) is 2. The van der Waals surface area contributed by atoms with Crippen LogP contribution in [0.25, 0.3) is 0 Å². The number of rotatable bonds is 2. The minimum Gasteiger partial charge on any atom is -0.497 e. The van der Waals surface area contributed by atoms with E-state index in [9.17, 15) is 9.18 Å². The number of carbonyl (C=O) groups is 1. The average Bonchev–Trinajstić information content (AvgIpc) is 2.32. The van der Waals surface area contributed by atoms with E-state index in [-0.39, 0.29) is 17.8 Å². The predicted octanol–water partition coefficient (Wildman–Crippen LogP) is 2.96. The molecule has 1 amide bonds. The highest BCUT2D eigenvalue weighted by Gasteiger charge is 2.18. The fourth-order valence-corrected chi connectivity index (χ4v) is 2.30. The van der Waals surface area contributed by atoms with Crippen molar-refractivity contribution in [2.45, 2.75) is 38.1 Å². The van der Waals surface area contributed by atoms with Gasteiger partial charge in [-0.2, -0.15) is 0 Å². The molecule has 2 rings (SSSR count). The second-order valence-electron chi connectivity index (χ2n) is 4.64. The molecule has 4 heteroatoms. The fourth-order valence-electron chi connectivity index (χ4n) is 2.30. The van der Waals surface area contributed by atoms with E-state index in [4.69, 9.17) is 4.74 Å². The van der Waals surface area contributed by atoms with Gasteiger partial charge in [-0.05, 0) is 30.5 Å². The lowest BCUT2D eigenvalue weighted by Gasteiger charge is -2.22. The summed E-state index contributed by atoms with van der Waals surface area (Å²) in [7, 11) is 1.51. The molecule has 1 aromatic carbocycles. The van der Waals surface area contributed by atoms with E-state index in [1.165, 1.54) is 19.2 Å². The zero-order valence-corrected chi connectivity index (χ0v) is 10.5. The molecule has 0 saturated carbocycles. The van der Waals surface area contributed by atoms with Crippen LogP contribution >= 0.6 is 0 Å². The highest BCUT2D eigenvalue weighted by Crippen LogP contribution is 2.26. The Labute approximate surface area is 106 Å². The summed E-state index contributed by atoms with van der Waals surface area (Å²) < 4.78 is 18.5. The van der Waals surface area contributed by atoms with Crippen molar-refractivity contribution in [2.24, 2.45) is 0 Å². The maximum absolute atomic E-state index is 13.5. The Morgan fingerprint density at radius 1 is 1.28 bits per heavy atom. The molecular formula is C14H18FNO2. The van der Waals surface area contributed by atoms with E-state index in [2.05, 4.69) is 5.32 Å². The van der Waals surface area contributed by atoms with Crippen LogP contribution in [0.1, 0.15) is 43.7 Å². The van der Waals surface area contributed by atoms with Gasteiger partial charge in [-0.1, -0.05) is 12.8 Å². The van der Waals surface area contributed by atoms with Crippen LogP contribution in [0.2, 0.25) is 0 Å². The number of halogens is 1. The van der Waals surface area contributed by atoms with Crippen LogP contribution in [0, 0.1) is 5.82 Å². The molecule has 0 aromatic heterocycles. The van der Waals surface area contributed by atoms with Crippen LogP contribution in [-0.4, -0.2) is 13.0 Å². The molecule has 0 spiro atoms. The number of amides is 1. The molecule has 3 nitrogen and oxygen atoms in total. The summed E-state index contributed by atoms with van der Waals surface area (Å²) in [6.07, 6.45) is 4.44. The second kappa shape index (κ2) is 5.85. The number of hydrogen-bond donors (Lipinski definition) is 1. The first-order chi connectivity index (χ1) is 8.69. The molecule has 98 valence electrons. The van der Waals surface area contributed by atoms with Gasteiger partial charge in [0.25, 0.3) is 0 Å². The SMILES string of the molecule is COc1cc(F)cc(C2CCCCCC(=O)N2)c1. The van der Waals surface area contributed by atoms with Gasteiger partial charge in [-0.15, -0.1) is 0 Å². The van der Waals surface area contributed by atoms with Crippen molar-refractivity contribution in [3.8, 4) is 5.75 Å². The fraction of sp³-hybridized carbons (Fsp3) is 0.500. The minimum atomic E-state index is -0.333. The van der Waals surface area contributed by atoms with E-state index in [0.29, 0.717) is 12.2 Å². The average molecular weight is 251 g/mol. The quantitative estimate of drug-likeness (QED) is 0.877. The van der Waals surface area contributed by atoms with Gasteiger partial charge in [-0.3, -0.25) is 4.79 Å². The Morgan fingerprint density at radius 3 is 2.89 bits per heavy atom. The minimum absolute atomic E-state index is 0.0444. The highest BCUT2D eigenvalue weighted by molar-refractivity contribution is 5.76. The standard InChI is InChI=1S/C14H18FNO2/c1-18-12-8-10(7-11(15)9-12)13-5-3-2-4-6-14(17)16-13/h7-9,13H,2-6H2,1H3,(H,16,17). The Balaban J connectivity index is 2.21. The van der Waals surface area contributed by atoms with Crippen LogP contribution in [0.4, 0.5) is 4.39 Å².